The molecule has 0 spiro atoms. The minimum Gasteiger partial charge on any atom is -0.370 e. The molecule has 0 aliphatic heterocycles. The van der Waals surface area contributed by atoms with Gasteiger partial charge in [0, 0.05) is 19.6 Å². The highest BCUT2D eigenvalue weighted by atomic mass is 35.5. The van der Waals surface area contributed by atoms with Crippen LogP contribution in [-0.2, 0) is 0 Å². The van der Waals surface area contributed by atoms with Gasteiger partial charge in [0.15, 0.2) is 0 Å². The van der Waals surface area contributed by atoms with Crippen LogP contribution in [0.3, 0.4) is 0 Å². The van der Waals surface area contributed by atoms with E-state index in [0.717, 1.165) is 0 Å². The van der Waals surface area contributed by atoms with Crippen LogP contribution in [0.15, 0.2) is 12.1 Å². The number of carbonyl (C=O) groups excluding carboxylic acids is 2. The van der Waals surface area contributed by atoms with Crippen LogP contribution in [0.1, 0.15) is 17.4 Å². The Morgan fingerprint density at radius 1 is 1.32 bits per heavy atom. The molecule has 0 aliphatic carbocycles. The molecule has 7 nitrogen and oxygen atoms in total. The zero-order chi connectivity index (χ0) is 14.3. The first kappa shape index (κ1) is 15.0. The van der Waals surface area contributed by atoms with Crippen molar-refractivity contribution in [3.05, 3.63) is 22.8 Å². The average Bonchev–Trinajstić information content (AvgIpc) is 2.36. The maximum Gasteiger partial charge on any atom is 0.312 e. The Bertz CT molecular complexity index is 466. The molecule has 1 aromatic heterocycles. The van der Waals surface area contributed by atoms with Crippen molar-refractivity contribution in [1.29, 1.82) is 0 Å². The number of carbonyl (C=O) groups is 2. The summed E-state index contributed by atoms with van der Waals surface area (Å²) in [6.45, 7) is 3.10. The molecule has 0 unspecified atom stereocenters. The van der Waals surface area contributed by atoms with Gasteiger partial charge in [-0.1, -0.05) is 11.6 Å². The highest BCUT2D eigenvalue weighted by Gasteiger charge is 2.12. The van der Waals surface area contributed by atoms with Gasteiger partial charge >= 0.3 is 6.03 Å². The molecule has 1 rings (SSSR count). The van der Waals surface area contributed by atoms with Crippen molar-refractivity contribution < 1.29 is 9.59 Å². The van der Waals surface area contributed by atoms with Crippen LogP contribution in [-0.4, -0.2) is 36.6 Å². The fourth-order valence-electron chi connectivity index (χ4n) is 1.33. The SMILES string of the molecule is CCNc1ccc(Cl)c(C(=O)NCCNC(N)=O)n1. The largest absolute Gasteiger partial charge is 0.370 e. The van der Waals surface area contributed by atoms with Gasteiger partial charge in [-0.25, -0.2) is 9.78 Å². The first-order chi connectivity index (χ1) is 9.04. The van der Waals surface area contributed by atoms with E-state index in [0.29, 0.717) is 12.4 Å². The first-order valence-corrected chi connectivity index (χ1v) is 6.14. The van der Waals surface area contributed by atoms with Gasteiger partial charge in [-0.05, 0) is 19.1 Å². The fourth-order valence-corrected chi connectivity index (χ4v) is 1.52. The predicted molar refractivity (Wildman–Crippen MR) is 73.3 cm³/mol. The van der Waals surface area contributed by atoms with E-state index in [1.165, 1.54) is 0 Å². The molecule has 19 heavy (non-hydrogen) atoms. The van der Waals surface area contributed by atoms with E-state index in [4.69, 9.17) is 17.3 Å². The molecule has 104 valence electrons. The number of hydrogen-bond acceptors (Lipinski definition) is 4. The summed E-state index contributed by atoms with van der Waals surface area (Å²) in [7, 11) is 0. The molecule has 1 aromatic rings. The van der Waals surface area contributed by atoms with Gasteiger partial charge in [-0.2, -0.15) is 0 Å². The normalized spacial score (nSPS) is 9.79. The standard InChI is InChI=1S/C11H16ClN5O2/c1-2-14-8-4-3-7(12)9(17-8)10(18)15-5-6-16-11(13)19/h3-4H,2,5-6H2,1H3,(H,14,17)(H,15,18)(H3,13,16,19). The second-order valence-electron chi connectivity index (χ2n) is 3.60. The third-order valence-electron chi connectivity index (χ3n) is 2.13. The van der Waals surface area contributed by atoms with Gasteiger partial charge in [0.25, 0.3) is 5.91 Å². The summed E-state index contributed by atoms with van der Waals surface area (Å²) in [5.41, 5.74) is 5.03. The Kier molecular flexibility index (Phi) is 5.87. The molecule has 1 heterocycles. The lowest BCUT2D eigenvalue weighted by Crippen LogP contribution is -2.37. The lowest BCUT2D eigenvalue weighted by atomic mass is 10.3. The highest BCUT2D eigenvalue weighted by molar-refractivity contribution is 6.33. The monoisotopic (exact) mass is 285 g/mol. The Morgan fingerprint density at radius 3 is 2.63 bits per heavy atom. The van der Waals surface area contributed by atoms with Gasteiger partial charge in [0.2, 0.25) is 0 Å². The molecular weight excluding hydrogens is 270 g/mol. The summed E-state index contributed by atoms with van der Waals surface area (Å²) >= 11 is 5.91. The molecule has 0 saturated heterocycles. The molecule has 0 fully saturated rings. The van der Waals surface area contributed by atoms with Gasteiger partial charge in [-0.3, -0.25) is 4.79 Å². The van der Waals surface area contributed by atoms with Crippen molar-refractivity contribution >= 4 is 29.4 Å². The number of anilines is 1. The summed E-state index contributed by atoms with van der Waals surface area (Å²) in [5.74, 6) is 0.170. The minimum absolute atomic E-state index is 0.138. The Labute approximate surface area is 115 Å². The van der Waals surface area contributed by atoms with Gasteiger partial charge < -0.3 is 21.7 Å². The first-order valence-electron chi connectivity index (χ1n) is 5.76. The zero-order valence-electron chi connectivity index (χ0n) is 10.5. The zero-order valence-corrected chi connectivity index (χ0v) is 11.3. The number of primary amides is 1. The van der Waals surface area contributed by atoms with Crippen molar-refractivity contribution in [1.82, 2.24) is 15.6 Å². The molecule has 8 heteroatoms. The Morgan fingerprint density at radius 2 is 2.00 bits per heavy atom. The smallest absolute Gasteiger partial charge is 0.312 e. The van der Waals surface area contributed by atoms with E-state index in [-0.39, 0.29) is 23.8 Å². The summed E-state index contributed by atoms with van der Waals surface area (Å²) in [6, 6.07) is 2.65. The van der Waals surface area contributed by atoms with Crippen molar-refractivity contribution in [2.45, 2.75) is 6.92 Å². The van der Waals surface area contributed by atoms with Crippen molar-refractivity contribution in [3.63, 3.8) is 0 Å². The number of pyridine rings is 1. The third kappa shape index (κ3) is 5.01. The van der Waals surface area contributed by atoms with E-state index in [1.807, 2.05) is 6.92 Å². The fraction of sp³-hybridized carbons (Fsp3) is 0.364. The lowest BCUT2D eigenvalue weighted by molar-refractivity contribution is 0.0949. The van der Waals surface area contributed by atoms with Gasteiger partial charge in [0.05, 0.1) is 5.02 Å². The Hall–Kier alpha value is -2.02. The van der Waals surface area contributed by atoms with E-state index >= 15 is 0 Å². The van der Waals surface area contributed by atoms with Crippen LogP contribution in [0.2, 0.25) is 5.02 Å². The average molecular weight is 286 g/mol. The van der Waals surface area contributed by atoms with Crippen LogP contribution in [0.25, 0.3) is 0 Å². The molecule has 0 aromatic carbocycles. The molecule has 0 aliphatic rings. The number of urea groups is 1. The van der Waals surface area contributed by atoms with Gasteiger partial charge in [-0.15, -0.1) is 0 Å². The number of aromatic nitrogens is 1. The van der Waals surface area contributed by atoms with Crippen molar-refractivity contribution in [2.24, 2.45) is 5.73 Å². The number of rotatable bonds is 6. The molecular formula is C11H16ClN5O2. The van der Waals surface area contributed by atoms with Crippen molar-refractivity contribution in [2.75, 3.05) is 25.0 Å². The van der Waals surface area contributed by atoms with E-state index in [1.54, 1.807) is 12.1 Å². The lowest BCUT2D eigenvalue weighted by Gasteiger charge is -2.08. The summed E-state index contributed by atoms with van der Waals surface area (Å²) in [6.07, 6.45) is 0. The molecule has 0 bridgehead atoms. The molecule has 0 radical (unpaired) electrons. The second-order valence-corrected chi connectivity index (χ2v) is 4.01. The van der Waals surface area contributed by atoms with Gasteiger partial charge in [0.1, 0.15) is 11.5 Å². The number of nitrogens with one attached hydrogen (secondary N) is 3. The van der Waals surface area contributed by atoms with E-state index in [2.05, 4.69) is 20.9 Å². The number of halogens is 1. The maximum absolute atomic E-state index is 11.8. The van der Waals surface area contributed by atoms with Crippen LogP contribution >= 0.6 is 11.6 Å². The van der Waals surface area contributed by atoms with Crippen LogP contribution in [0.4, 0.5) is 10.6 Å². The van der Waals surface area contributed by atoms with Crippen LogP contribution in [0.5, 0.6) is 0 Å². The van der Waals surface area contributed by atoms with Crippen molar-refractivity contribution in [3.8, 4) is 0 Å². The number of nitrogens with zero attached hydrogens (tertiary/aromatic N) is 1. The summed E-state index contributed by atoms with van der Waals surface area (Å²) in [4.78, 5) is 26.4. The highest BCUT2D eigenvalue weighted by Crippen LogP contribution is 2.16. The minimum atomic E-state index is -0.639. The third-order valence-corrected chi connectivity index (χ3v) is 2.43. The molecule has 0 saturated carbocycles. The molecule has 5 N–H and O–H groups in total. The van der Waals surface area contributed by atoms with Crippen LogP contribution < -0.4 is 21.7 Å². The quantitative estimate of drug-likeness (QED) is 0.573. The van der Waals surface area contributed by atoms with E-state index < -0.39 is 11.9 Å². The molecule has 3 amide bonds. The summed E-state index contributed by atoms with van der Waals surface area (Å²) in [5, 5.41) is 8.19. The number of amides is 3. The molecule has 0 atom stereocenters. The second kappa shape index (κ2) is 7.42. The number of hydrogen-bond donors (Lipinski definition) is 4. The van der Waals surface area contributed by atoms with E-state index in [9.17, 15) is 9.59 Å². The summed E-state index contributed by atoms with van der Waals surface area (Å²) < 4.78 is 0. The number of nitrogens with two attached hydrogens (primary N) is 1. The maximum atomic E-state index is 11.8. The Balaban J connectivity index is 2.60. The predicted octanol–water partition coefficient (Wildman–Crippen LogP) is 0.565. The topological polar surface area (TPSA) is 109 Å². The van der Waals surface area contributed by atoms with Crippen LogP contribution in [0, 0.1) is 0 Å².